The molecule has 1 aromatic heterocycles. The molecule has 0 aliphatic carbocycles. The first-order valence-corrected chi connectivity index (χ1v) is 9.66. The number of pyridine rings is 1. The smallest absolute Gasteiger partial charge is 0.224 e. The summed E-state index contributed by atoms with van der Waals surface area (Å²) in [6, 6.07) is 5.68. The van der Waals surface area contributed by atoms with Crippen LogP contribution < -0.4 is 16.0 Å². The van der Waals surface area contributed by atoms with Crippen LogP contribution in [0.4, 0.5) is 5.82 Å². The van der Waals surface area contributed by atoms with Crippen molar-refractivity contribution in [3.05, 3.63) is 24.4 Å². The number of sulfonamides is 1. The summed E-state index contributed by atoms with van der Waals surface area (Å²) in [5.74, 6) is 0.236. The Labute approximate surface area is 167 Å². The standard InChI is InChI=1S/C15H25N5O3S.2ClH/c1-13(12-16)15(21)18-6-11-24(22,23)20-9-7-19(8-10-20)14-4-2-3-5-17-14;;/h2-5,13H,6-12,16H2,1H3,(H,18,21);2*1H. The average Bonchev–Trinajstić information content (AvgIpc) is 2.61. The molecule has 0 spiro atoms. The SMILES string of the molecule is CC(CN)C(=O)NCCS(=O)(=O)N1CCN(c2ccccn2)CC1.Cl.Cl. The molecule has 0 bridgehead atoms. The van der Waals surface area contributed by atoms with Gasteiger partial charge in [-0.25, -0.2) is 13.4 Å². The highest BCUT2D eigenvalue weighted by Crippen LogP contribution is 2.14. The molecule has 150 valence electrons. The van der Waals surface area contributed by atoms with Gasteiger partial charge in [0.15, 0.2) is 0 Å². The third-order valence-electron chi connectivity index (χ3n) is 4.07. The van der Waals surface area contributed by atoms with Crippen LogP contribution in [0.1, 0.15) is 6.92 Å². The van der Waals surface area contributed by atoms with Gasteiger partial charge in [-0.15, -0.1) is 24.8 Å². The lowest BCUT2D eigenvalue weighted by atomic mass is 10.2. The Hall–Kier alpha value is -1.13. The van der Waals surface area contributed by atoms with Crippen molar-refractivity contribution in [2.45, 2.75) is 6.92 Å². The summed E-state index contributed by atoms with van der Waals surface area (Å²) in [7, 11) is -3.38. The first kappa shape index (κ1) is 24.9. The number of carbonyl (C=O) groups is 1. The fourth-order valence-corrected chi connectivity index (χ4v) is 3.79. The monoisotopic (exact) mass is 427 g/mol. The molecule has 1 aromatic rings. The lowest BCUT2D eigenvalue weighted by Gasteiger charge is -2.34. The van der Waals surface area contributed by atoms with Gasteiger partial charge in [0.2, 0.25) is 15.9 Å². The van der Waals surface area contributed by atoms with E-state index < -0.39 is 10.0 Å². The molecular weight excluding hydrogens is 401 g/mol. The van der Waals surface area contributed by atoms with Crippen molar-refractivity contribution in [1.29, 1.82) is 0 Å². The number of anilines is 1. The van der Waals surface area contributed by atoms with E-state index in [1.807, 2.05) is 18.2 Å². The number of nitrogens with one attached hydrogen (secondary N) is 1. The topological polar surface area (TPSA) is 109 Å². The van der Waals surface area contributed by atoms with Crippen LogP contribution in [0.5, 0.6) is 0 Å². The second-order valence-corrected chi connectivity index (χ2v) is 7.91. The highest BCUT2D eigenvalue weighted by Gasteiger charge is 2.27. The molecule has 8 nitrogen and oxygen atoms in total. The quantitative estimate of drug-likeness (QED) is 0.637. The number of nitrogens with two attached hydrogens (primary N) is 1. The van der Waals surface area contributed by atoms with Crippen LogP contribution in [-0.4, -0.2) is 68.6 Å². The molecule has 2 heterocycles. The van der Waals surface area contributed by atoms with E-state index >= 15 is 0 Å². The van der Waals surface area contributed by atoms with Crippen molar-refractivity contribution in [3.63, 3.8) is 0 Å². The van der Waals surface area contributed by atoms with Crippen LogP contribution in [0.25, 0.3) is 0 Å². The zero-order valence-corrected chi connectivity index (χ0v) is 17.2. The molecule has 1 unspecified atom stereocenters. The van der Waals surface area contributed by atoms with Gasteiger partial charge in [0.1, 0.15) is 5.82 Å². The molecule has 1 amide bonds. The maximum absolute atomic E-state index is 12.4. The van der Waals surface area contributed by atoms with Crippen LogP contribution >= 0.6 is 24.8 Å². The van der Waals surface area contributed by atoms with Crippen molar-refractivity contribution in [2.24, 2.45) is 11.7 Å². The van der Waals surface area contributed by atoms with Crippen LogP contribution in [0.3, 0.4) is 0 Å². The number of hydrogen-bond donors (Lipinski definition) is 2. The molecule has 1 aliphatic rings. The first-order valence-electron chi connectivity index (χ1n) is 8.05. The third-order valence-corrected chi connectivity index (χ3v) is 5.94. The second-order valence-electron chi connectivity index (χ2n) is 5.82. The third kappa shape index (κ3) is 6.88. The molecule has 1 aliphatic heterocycles. The number of amides is 1. The first-order chi connectivity index (χ1) is 11.4. The molecule has 0 aromatic carbocycles. The molecular formula is C15H27Cl2N5O3S. The van der Waals surface area contributed by atoms with E-state index in [0.717, 1.165) is 5.82 Å². The normalized spacial score (nSPS) is 16.2. The number of hydrogen-bond acceptors (Lipinski definition) is 6. The predicted molar refractivity (Wildman–Crippen MR) is 108 cm³/mol. The summed E-state index contributed by atoms with van der Waals surface area (Å²) in [5.41, 5.74) is 5.41. The van der Waals surface area contributed by atoms with E-state index in [2.05, 4.69) is 15.2 Å². The minimum Gasteiger partial charge on any atom is -0.355 e. The van der Waals surface area contributed by atoms with Gasteiger partial charge in [0.05, 0.1) is 5.75 Å². The predicted octanol–water partition coefficient (Wildman–Crippen LogP) is 0.0880. The zero-order valence-electron chi connectivity index (χ0n) is 14.7. The maximum atomic E-state index is 12.4. The number of nitrogens with zero attached hydrogens (tertiary/aromatic N) is 3. The number of carbonyl (C=O) groups excluding carboxylic acids is 1. The fourth-order valence-electron chi connectivity index (χ4n) is 2.45. The van der Waals surface area contributed by atoms with Crippen molar-refractivity contribution in [2.75, 3.05) is 49.9 Å². The van der Waals surface area contributed by atoms with Crippen LogP contribution in [0.15, 0.2) is 24.4 Å². The summed E-state index contributed by atoms with van der Waals surface area (Å²) in [4.78, 5) is 18.0. The Kier molecular flexibility index (Phi) is 11.1. The van der Waals surface area contributed by atoms with E-state index in [9.17, 15) is 13.2 Å². The summed E-state index contributed by atoms with van der Waals surface area (Å²) in [6.45, 7) is 4.11. The van der Waals surface area contributed by atoms with Crippen molar-refractivity contribution in [3.8, 4) is 0 Å². The number of aromatic nitrogens is 1. The van der Waals surface area contributed by atoms with Crippen molar-refractivity contribution < 1.29 is 13.2 Å². The maximum Gasteiger partial charge on any atom is 0.224 e. The Morgan fingerprint density at radius 2 is 1.92 bits per heavy atom. The van der Waals surface area contributed by atoms with Crippen LogP contribution in [0.2, 0.25) is 0 Å². The Balaban J connectivity index is 0.00000312. The van der Waals surface area contributed by atoms with E-state index in [1.165, 1.54) is 4.31 Å². The largest absolute Gasteiger partial charge is 0.355 e. The molecule has 3 N–H and O–H groups in total. The Bertz CT molecular complexity index is 640. The minimum atomic E-state index is -3.38. The highest BCUT2D eigenvalue weighted by atomic mass is 35.5. The molecule has 2 rings (SSSR count). The van der Waals surface area contributed by atoms with Crippen LogP contribution in [0, 0.1) is 5.92 Å². The van der Waals surface area contributed by atoms with Gasteiger partial charge in [-0.05, 0) is 12.1 Å². The van der Waals surface area contributed by atoms with Gasteiger partial charge in [-0.2, -0.15) is 4.31 Å². The summed E-state index contributed by atoms with van der Waals surface area (Å²) in [6.07, 6.45) is 1.73. The minimum absolute atomic E-state index is 0. The van der Waals surface area contributed by atoms with E-state index in [0.29, 0.717) is 26.2 Å². The van der Waals surface area contributed by atoms with Crippen molar-refractivity contribution >= 4 is 46.6 Å². The average molecular weight is 428 g/mol. The Morgan fingerprint density at radius 3 is 2.46 bits per heavy atom. The van der Waals surface area contributed by atoms with Gasteiger partial charge >= 0.3 is 0 Å². The molecule has 1 atom stereocenters. The second kappa shape index (κ2) is 11.6. The van der Waals surface area contributed by atoms with Gasteiger partial charge in [0, 0.05) is 51.4 Å². The van der Waals surface area contributed by atoms with Gasteiger partial charge in [-0.1, -0.05) is 13.0 Å². The lowest BCUT2D eigenvalue weighted by Crippen LogP contribution is -2.50. The number of piperazine rings is 1. The summed E-state index contributed by atoms with van der Waals surface area (Å²) >= 11 is 0. The van der Waals surface area contributed by atoms with E-state index in [-0.39, 0.29) is 55.5 Å². The zero-order chi connectivity index (χ0) is 17.6. The van der Waals surface area contributed by atoms with Crippen molar-refractivity contribution in [1.82, 2.24) is 14.6 Å². The van der Waals surface area contributed by atoms with Gasteiger partial charge in [-0.3, -0.25) is 4.79 Å². The molecule has 0 saturated carbocycles. The highest BCUT2D eigenvalue weighted by molar-refractivity contribution is 7.89. The lowest BCUT2D eigenvalue weighted by molar-refractivity contribution is -0.124. The number of halogens is 2. The van der Waals surface area contributed by atoms with E-state index in [1.54, 1.807) is 13.1 Å². The van der Waals surface area contributed by atoms with Gasteiger partial charge < -0.3 is 16.0 Å². The number of rotatable bonds is 7. The van der Waals surface area contributed by atoms with E-state index in [4.69, 9.17) is 5.73 Å². The summed E-state index contributed by atoms with van der Waals surface area (Å²) in [5, 5.41) is 2.62. The molecule has 0 radical (unpaired) electrons. The molecule has 1 fully saturated rings. The summed E-state index contributed by atoms with van der Waals surface area (Å²) < 4.78 is 26.2. The Morgan fingerprint density at radius 1 is 1.27 bits per heavy atom. The molecule has 26 heavy (non-hydrogen) atoms. The van der Waals surface area contributed by atoms with Gasteiger partial charge in [0.25, 0.3) is 0 Å². The molecule has 11 heteroatoms. The fraction of sp³-hybridized carbons (Fsp3) is 0.600. The molecule has 1 saturated heterocycles. The van der Waals surface area contributed by atoms with Crippen LogP contribution in [-0.2, 0) is 14.8 Å².